The Balaban J connectivity index is 1.85. The quantitative estimate of drug-likeness (QED) is 0.701. The summed E-state index contributed by atoms with van der Waals surface area (Å²) in [5.41, 5.74) is -0.427. The first-order valence-corrected chi connectivity index (χ1v) is 7.53. The molecule has 0 heterocycles. The molecule has 0 unspecified atom stereocenters. The normalized spacial score (nSPS) is 11.8. The molecule has 146 valence electrons. The number of anilines is 2. The van der Waals surface area contributed by atoms with Crippen molar-refractivity contribution in [2.24, 2.45) is 0 Å². The minimum absolute atomic E-state index is 0.0209. The largest absolute Gasteiger partial charge is 0.484 e. The van der Waals surface area contributed by atoms with Crippen LogP contribution in [0, 0.1) is 0 Å². The van der Waals surface area contributed by atoms with Crippen LogP contribution in [0.4, 0.5) is 37.7 Å². The first-order chi connectivity index (χ1) is 12.5. The molecule has 0 spiro atoms. The Kier molecular flexibility index (Phi) is 6.19. The summed E-state index contributed by atoms with van der Waals surface area (Å²) in [6.07, 6.45) is -8.95. The van der Waals surface area contributed by atoms with Crippen molar-refractivity contribution < 1.29 is 35.9 Å². The Morgan fingerprint density at radius 3 is 2.19 bits per heavy atom. The summed E-state index contributed by atoms with van der Waals surface area (Å²) in [5, 5.41) is 5.02. The molecular formula is C17H14F6N2O2. The number of hydrogen-bond donors (Lipinski definition) is 2. The molecule has 2 rings (SSSR count). The van der Waals surface area contributed by atoms with Crippen molar-refractivity contribution in [3.63, 3.8) is 0 Å². The van der Waals surface area contributed by atoms with E-state index in [-0.39, 0.29) is 18.0 Å². The fourth-order valence-electron chi connectivity index (χ4n) is 1.99. The summed E-state index contributed by atoms with van der Waals surface area (Å²) < 4.78 is 78.6. The number of alkyl halides is 6. The first kappa shape index (κ1) is 20.4. The minimum atomic E-state index is -4.49. The van der Waals surface area contributed by atoms with E-state index >= 15 is 0 Å². The molecule has 0 aliphatic carbocycles. The van der Waals surface area contributed by atoms with E-state index in [1.165, 1.54) is 36.4 Å². The molecule has 10 heteroatoms. The van der Waals surface area contributed by atoms with Crippen LogP contribution in [-0.2, 0) is 11.0 Å². The summed E-state index contributed by atoms with van der Waals surface area (Å²) in [4.78, 5) is 11.8. The molecule has 0 aliphatic rings. The number of nitrogens with one attached hydrogen (secondary N) is 2. The van der Waals surface area contributed by atoms with E-state index in [1.54, 1.807) is 0 Å². The summed E-state index contributed by atoms with van der Waals surface area (Å²) in [5.74, 6) is -0.566. The van der Waals surface area contributed by atoms with Crippen molar-refractivity contribution in [1.82, 2.24) is 0 Å². The van der Waals surface area contributed by atoms with Gasteiger partial charge in [0.2, 0.25) is 5.91 Å². The lowest BCUT2D eigenvalue weighted by atomic mass is 10.2. The molecule has 0 fully saturated rings. The molecule has 2 N–H and O–H groups in total. The van der Waals surface area contributed by atoms with Gasteiger partial charge in [-0.1, -0.05) is 6.07 Å². The van der Waals surface area contributed by atoms with E-state index in [9.17, 15) is 31.1 Å². The van der Waals surface area contributed by atoms with Gasteiger partial charge in [0.15, 0.2) is 6.61 Å². The Hall–Kier alpha value is -2.91. The van der Waals surface area contributed by atoms with Gasteiger partial charge in [-0.25, -0.2) is 0 Å². The molecule has 27 heavy (non-hydrogen) atoms. The zero-order valence-corrected chi connectivity index (χ0v) is 13.6. The van der Waals surface area contributed by atoms with E-state index < -0.39 is 30.4 Å². The number of amides is 1. The summed E-state index contributed by atoms with van der Waals surface area (Å²) >= 11 is 0. The second-order valence-corrected chi connectivity index (χ2v) is 5.41. The molecule has 0 radical (unpaired) electrons. The highest BCUT2D eigenvalue weighted by Gasteiger charge is 2.30. The van der Waals surface area contributed by atoms with Crippen LogP contribution in [0.15, 0.2) is 48.5 Å². The van der Waals surface area contributed by atoms with Crippen molar-refractivity contribution in [3.8, 4) is 5.75 Å². The molecule has 2 aromatic carbocycles. The van der Waals surface area contributed by atoms with Gasteiger partial charge in [-0.15, -0.1) is 0 Å². The average Bonchev–Trinajstić information content (AvgIpc) is 2.58. The number of ether oxygens (including phenoxy) is 1. The summed E-state index contributed by atoms with van der Waals surface area (Å²) in [7, 11) is 0. The summed E-state index contributed by atoms with van der Waals surface area (Å²) in [6, 6.07) is 9.57. The van der Waals surface area contributed by atoms with E-state index in [2.05, 4.69) is 15.4 Å². The van der Waals surface area contributed by atoms with Crippen molar-refractivity contribution >= 4 is 17.3 Å². The van der Waals surface area contributed by atoms with Crippen LogP contribution in [-0.4, -0.2) is 25.2 Å². The SMILES string of the molecule is O=C(CNc1cccc(C(F)(F)F)c1)Nc1ccc(OCC(F)(F)F)cc1. The lowest BCUT2D eigenvalue weighted by Gasteiger charge is -2.12. The van der Waals surface area contributed by atoms with E-state index in [0.29, 0.717) is 5.69 Å². The van der Waals surface area contributed by atoms with Gasteiger partial charge in [-0.05, 0) is 42.5 Å². The smallest absolute Gasteiger partial charge is 0.422 e. The molecule has 0 bridgehead atoms. The van der Waals surface area contributed by atoms with Crippen molar-refractivity contribution in [2.75, 3.05) is 23.8 Å². The second kappa shape index (κ2) is 8.19. The number of halogens is 6. The van der Waals surface area contributed by atoms with E-state index in [0.717, 1.165) is 12.1 Å². The van der Waals surface area contributed by atoms with Crippen LogP contribution < -0.4 is 15.4 Å². The van der Waals surface area contributed by atoms with Crippen LogP contribution in [0.5, 0.6) is 5.75 Å². The number of rotatable bonds is 6. The van der Waals surface area contributed by atoms with Crippen LogP contribution in [0.1, 0.15) is 5.56 Å². The number of carbonyl (C=O) groups excluding carboxylic acids is 1. The van der Waals surface area contributed by atoms with Gasteiger partial charge < -0.3 is 15.4 Å². The highest BCUT2D eigenvalue weighted by Crippen LogP contribution is 2.30. The highest BCUT2D eigenvalue weighted by molar-refractivity contribution is 5.93. The Bertz CT molecular complexity index is 772. The maximum absolute atomic E-state index is 12.6. The number of carbonyl (C=O) groups is 1. The Labute approximate surface area is 150 Å². The lowest BCUT2D eigenvalue weighted by Crippen LogP contribution is -2.22. The van der Waals surface area contributed by atoms with Crippen molar-refractivity contribution in [1.29, 1.82) is 0 Å². The Morgan fingerprint density at radius 2 is 1.59 bits per heavy atom. The topological polar surface area (TPSA) is 50.4 Å². The van der Waals surface area contributed by atoms with Crippen LogP contribution in [0.25, 0.3) is 0 Å². The van der Waals surface area contributed by atoms with E-state index in [1.807, 2.05) is 0 Å². The van der Waals surface area contributed by atoms with Crippen LogP contribution in [0.3, 0.4) is 0 Å². The molecule has 0 atom stereocenters. The van der Waals surface area contributed by atoms with Crippen molar-refractivity contribution in [3.05, 3.63) is 54.1 Å². The van der Waals surface area contributed by atoms with Crippen LogP contribution >= 0.6 is 0 Å². The first-order valence-electron chi connectivity index (χ1n) is 7.53. The van der Waals surface area contributed by atoms with Gasteiger partial charge in [0.25, 0.3) is 0 Å². The number of benzene rings is 2. The maximum Gasteiger partial charge on any atom is 0.422 e. The van der Waals surface area contributed by atoms with E-state index in [4.69, 9.17) is 0 Å². The molecule has 2 aromatic rings. The highest BCUT2D eigenvalue weighted by atomic mass is 19.4. The number of hydrogen-bond acceptors (Lipinski definition) is 3. The fraction of sp³-hybridized carbons (Fsp3) is 0.235. The Morgan fingerprint density at radius 1 is 0.926 bits per heavy atom. The standard InChI is InChI=1S/C17H14F6N2O2/c18-16(19,20)10-27-14-6-4-12(5-7-14)25-15(26)9-24-13-3-1-2-11(8-13)17(21,22)23/h1-8,24H,9-10H2,(H,25,26). The maximum atomic E-state index is 12.6. The minimum Gasteiger partial charge on any atom is -0.484 e. The predicted octanol–water partition coefficient (Wildman–Crippen LogP) is 4.70. The fourth-order valence-corrected chi connectivity index (χ4v) is 1.99. The molecule has 0 saturated carbocycles. The molecule has 0 aliphatic heterocycles. The van der Waals surface area contributed by atoms with Gasteiger partial charge >= 0.3 is 12.4 Å². The van der Waals surface area contributed by atoms with Gasteiger partial charge in [-0.2, -0.15) is 26.3 Å². The zero-order chi connectivity index (χ0) is 20.1. The van der Waals surface area contributed by atoms with Crippen LogP contribution in [0.2, 0.25) is 0 Å². The van der Waals surface area contributed by atoms with Gasteiger partial charge in [0, 0.05) is 11.4 Å². The second-order valence-electron chi connectivity index (χ2n) is 5.41. The third-order valence-electron chi connectivity index (χ3n) is 3.18. The van der Waals surface area contributed by atoms with Crippen molar-refractivity contribution in [2.45, 2.75) is 12.4 Å². The molecule has 0 saturated heterocycles. The summed E-state index contributed by atoms with van der Waals surface area (Å²) in [6.45, 7) is -1.73. The molecule has 1 amide bonds. The van der Waals surface area contributed by atoms with Gasteiger partial charge in [-0.3, -0.25) is 4.79 Å². The molecule has 0 aromatic heterocycles. The predicted molar refractivity (Wildman–Crippen MR) is 86.6 cm³/mol. The van der Waals surface area contributed by atoms with Gasteiger partial charge in [0.1, 0.15) is 5.75 Å². The van der Waals surface area contributed by atoms with Gasteiger partial charge in [0.05, 0.1) is 12.1 Å². The average molecular weight is 392 g/mol. The third kappa shape index (κ3) is 7.08. The third-order valence-corrected chi connectivity index (χ3v) is 3.18. The molecular weight excluding hydrogens is 378 g/mol. The lowest BCUT2D eigenvalue weighted by molar-refractivity contribution is -0.153. The monoisotopic (exact) mass is 392 g/mol. The zero-order valence-electron chi connectivity index (χ0n) is 13.6. The molecule has 4 nitrogen and oxygen atoms in total.